The van der Waals surface area contributed by atoms with Gasteiger partial charge in [0.05, 0.1) is 11.2 Å². The molecule has 1 saturated carbocycles. The highest BCUT2D eigenvalue weighted by Crippen LogP contribution is 2.31. The van der Waals surface area contributed by atoms with Crippen LogP contribution >= 0.6 is 0 Å². The van der Waals surface area contributed by atoms with E-state index < -0.39 is 15.1 Å². The molecule has 1 aromatic carbocycles. The van der Waals surface area contributed by atoms with Gasteiger partial charge >= 0.3 is 0 Å². The van der Waals surface area contributed by atoms with E-state index in [1.54, 1.807) is 42.5 Å². The lowest BCUT2D eigenvalue weighted by atomic mass is 10.3. The van der Waals surface area contributed by atoms with Gasteiger partial charge in [-0.3, -0.25) is 4.79 Å². The van der Waals surface area contributed by atoms with E-state index in [-0.39, 0.29) is 23.3 Å². The number of hydrogen-bond acceptors (Lipinski definition) is 4. The van der Waals surface area contributed by atoms with Gasteiger partial charge in [0.2, 0.25) is 5.91 Å². The molecule has 116 valence electrons. The van der Waals surface area contributed by atoms with Crippen molar-refractivity contribution < 1.29 is 17.6 Å². The van der Waals surface area contributed by atoms with E-state index in [0.29, 0.717) is 5.76 Å². The van der Waals surface area contributed by atoms with Crippen molar-refractivity contribution >= 4 is 15.7 Å². The molecule has 1 aliphatic carbocycles. The van der Waals surface area contributed by atoms with Gasteiger partial charge in [0.15, 0.2) is 9.84 Å². The molecule has 1 heterocycles. The second-order valence-electron chi connectivity index (χ2n) is 5.38. The van der Waals surface area contributed by atoms with Crippen molar-refractivity contribution in [3.8, 4) is 0 Å². The Hall–Kier alpha value is -2.08. The van der Waals surface area contributed by atoms with Crippen molar-refractivity contribution in [1.82, 2.24) is 5.32 Å². The number of hydrogen-bond donors (Lipinski definition) is 1. The van der Waals surface area contributed by atoms with E-state index >= 15 is 0 Å². The summed E-state index contributed by atoms with van der Waals surface area (Å²) in [7, 11) is -3.63. The molecule has 5 nitrogen and oxygen atoms in total. The predicted octanol–water partition coefficient (Wildman–Crippen LogP) is 2.32. The standard InChI is InChI=1S/C16H17NO4S/c18-16(12-8-9-12)17-11-15(14-7-4-10-21-14)22(19,20)13-5-2-1-3-6-13/h1-7,10,12,15H,8-9,11H2,(H,17,18)/t15-/m1/s1. The first-order valence-corrected chi connectivity index (χ1v) is 8.74. The van der Waals surface area contributed by atoms with Gasteiger partial charge in [-0.1, -0.05) is 18.2 Å². The second kappa shape index (κ2) is 5.96. The predicted molar refractivity (Wildman–Crippen MR) is 80.8 cm³/mol. The Morgan fingerprint density at radius 2 is 1.91 bits per heavy atom. The lowest BCUT2D eigenvalue weighted by molar-refractivity contribution is -0.122. The summed E-state index contributed by atoms with van der Waals surface area (Å²) < 4.78 is 30.9. The number of nitrogens with one attached hydrogen (secondary N) is 1. The molecular weight excluding hydrogens is 302 g/mol. The second-order valence-corrected chi connectivity index (χ2v) is 7.51. The van der Waals surface area contributed by atoms with Crippen LogP contribution in [-0.2, 0) is 14.6 Å². The Morgan fingerprint density at radius 1 is 1.18 bits per heavy atom. The number of carbonyl (C=O) groups is 1. The van der Waals surface area contributed by atoms with Gasteiger partial charge in [0.1, 0.15) is 11.0 Å². The third-order valence-corrected chi connectivity index (χ3v) is 5.79. The highest BCUT2D eigenvalue weighted by Gasteiger charge is 2.34. The molecule has 1 amide bonds. The van der Waals surface area contributed by atoms with Gasteiger partial charge in [-0.2, -0.15) is 0 Å². The van der Waals surface area contributed by atoms with E-state index in [0.717, 1.165) is 12.8 Å². The van der Waals surface area contributed by atoms with Crippen molar-refractivity contribution in [2.24, 2.45) is 5.92 Å². The molecule has 1 aromatic heterocycles. The summed E-state index contributed by atoms with van der Waals surface area (Å²) >= 11 is 0. The molecule has 0 saturated heterocycles. The van der Waals surface area contributed by atoms with Gasteiger partial charge in [-0.15, -0.1) is 0 Å². The molecule has 0 bridgehead atoms. The summed E-state index contributed by atoms with van der Waals surface area (Å²) in [6.07, 6.45) is 3.19. The monoisotopic (exact) mass is 319 g/mol. The number of furan rings is 1. The lowest BCUT2D eigenvalue weighted by Crippen LogP contribution is -2.32. The summed E-state index contributed by atoms with van der Waals surface area (Å²) in [5.74, 6) is 0.288. The summed E-state index contributed by atoms with van der Waals surface area (Å²) in [4.78, 5) is 12.0. The highest BCUT2D eigenvalue weighted by atomic mass is 32.2. The molecule has 2 aromatic rings. The lowest BCUT2D eigenvalue weighted by Gasteiger charge is -2.16. The Bertz CT molecular complexity index is 734. The molecule has 0 spiro atoms. The van der Waals surface area contributed by atoms with Crippen molar-refractivity contribution in [2.75, 3.05) is 6.54 Å². The Labute approximate surface area is 129 Å². The minimum absolute atomic E-state index is 0.0140. The molecule has 1 N–H and O–H groups in total. The fourth-order valence-electron chi connectivity index (χ4n) is 2.30. The molecule has 0 unspecified atom stereocenters. The van der Waals surface area contributed by atoms with E-state index in [2.05, 4.69) is 5.32 Å². The first-order valence-electron chi connectivity index (χ1n) is 7.19. The average molecular weight is 319 g/mol. The van der Waals surface area contributed by atoms with Gasteiger partial charge in [0.25, 0.3) is 0 Å². The Morgan fingerprint density at radius 3 is 2.50 bits per heavy atom. The van der Waals surface area contributed by atoms with Crippen LogP contribution in [0.4, 0.5) is 0 Å². The average Bonchev–Trinajstić information content (AvgIpc) is 3.25. The number of sulfone groups is 1. The third-order valence-electron chi connectivity index (χ3n) is 3.72. The van der Waals surface area contributed by atoms with E-state index in [9.17, 15) is 13.2 Å². The zero-order chi connectivity index (χ0) is 15.6. The number of rotatable bonds is 6. The SMILES string of the molecule is O=C(NC[C@H](c1ccco1)S(=O)(=O)c1ccccc1)C1CC1. The van der Waals surface area contributed by atoms with E-state index in [1.165, 1.54) is 6.26 Å². The molecular formula is C16H17NO4S. The van der Waals surface area contributed by atoms with Crippen LogP contribution in [0.15, 0.2) is 58.0 Å². The third kappa shape index (κ3) is 3.06. The molecule has 1 aliphatic rings. The van der Waals surface area contributed by atoms with Gasteiger partial charge < -0.3 is 9.73 Å². The van der Waals surface area contributed by atoms with Crippen LogP contribution < -0.4 is 5.32 Å². The number of benzene rings is 1. The van der Waals surface area contributed by atoms with Crippen LogP contribution in [0.1, 0.15) is 23.9 Å². The summed E-state index contributed by atoms with van der Waals surface area (Å²) in [6, 6.07) is 11.5. The molecule has 6 heteroatoms. The first-order chi connectivity index (χ1) is 10.6. The summed E-state index contributed by atoms with van der Waals surface area (Å²) in [5.41, 5.74) is 0. The normalized spacial score (nSPS) is 16.2. The fourth-order valence-corrected chi connectivity index (χ4v) is 3.90. The van der Waals surface area contributed by atoms with Crippen LogP contribution in [-0.4, -0.2) is 20.9 Å². The van der Waals surface area contributed by atoms with Crippen molar-refractivity contribution in [3.05, 3.63) is 54.5 Å². The first kappa shape index (κ1) is 14.8. The zero-order valence-electron chi connectivity index (χ0n) is 11.9. The quantitative estimate of drug-likeness (QED) is 0.886. The topological polar surface area (TPSA) is 76.4 Å². The molecule has 22 heavy (non-hydrogen) atoms. The van der Waals surface area contributed by atoms with Crippen molar-refractivity contribution in [2.45, 2.75) is 23.0 Å². The van der Waals surface area contributed by atoms with Crippen LogP contribution in [0.2, 0.25) is 0 Å². The molecule has 1 atom stereocenters. The van der Waals surface area contributed by atoms with Crippen LogP contribution in [0, 0.1) is 5.92 Å². The van der Waals surface area contributed by atoms with Crippen LogP contribution in [0.5, 0.6) is 0 Å². The summed E-state index contributed by atoms with van der Waals surface area (Å²) in [5, 5.41) is 1.81. The Balaban J connectivity index is 1.86. The maximum Gasteiger partial charge on any atom is 0.223 e. The minimum Gasteiger partial charge on any atom is -0.468 e. The van der Waals surface area contributed by atoms with Gasteiger partial charge in [0, 0.05) is 12.5 Å². The van der Waals surface area contributed by atoms with Gasteiger partial charge in [-0.05, 0) is 37.1 Å². The van der Waals surface area contributed by atoms with Gasteiger partial charge in [-0.25, -0.2) is 8.42 Å². The Kier molecular flexibility index (Phi) is 4.02. The molecule has 0 radical (unpaired) electrons. The number of amides is 1. The molecule has 0 aliphatic heterocycles. The minimum atomic E-state index is -3.63. The van der Waals surface area contributed by atoms with Crippen molar-refractivity contribution in [1.29, 1.82) is 0 Å². The number of carbonyl (C=O) groups excluding carboxylic acids is 1. The maximum atomic E-state index is 12.8. The molecule has 1 fully saturated rings. The molecule has 3 rings (SSSR count). The summed E-state index contributed by atoms with van der Waals surface area (Å²) in [6.45, 7) is 0.0140. The van der Waals surface area contributed by atoms with Crippen LogP contribution in [0.3, 0.4) is 0 Å². The smallest absolute Gasteiger partial charge is 0.223 e. The maximum absolute atomic E-state index is 12.8. The largest absolute Gasteiger partial charge is 0.468 e. The van der Waals surface area contributed by atoms with E-state index in [4.69, 9.17) is 4.42 Å². The fraction of sp³-hybridized carbons (Fsp3) is 0.312. The van der Waals surface area contributed by atoms with Crippen LogP contribution in [0.25, 0.3) is 0 Å². The zero-order valence-corrected chi connectivity index (χ0v) is 12.8. The van der Waals surface area contributed by atoms with Crippen molar-refractivity contribution in [3.63, 3.8) is 0 Å². The highest BCUT2D eigenvalue weighted by molar-refractivity contribution is 7.91. The van der Waals surface area contributed by atoms with E-state index in [1.807, 2.05) is 0 Å².